The van der Waals surface area contributed by atoms with E-state index in [2.05, 4.69) is 13.8 Å². The molecule has 0 aliphatic carbocycles. The van der Waals surface area contributed by atoms with Crippen LogP contribution in [0, 0.1) is 11.3 Å². The minimum atomic E-state index is 0.571. The van der Waals surface area contributed by atoms with Gasteiger partial charge in [-0.05, 0) is 44.6 Å². The number of hydrogen-bond acceptors (Lipinski definition) is 2. The molecule has 0 unspecified atom stereocenters. The average Bonchev–Trinajstić information content (AvgIpc) is 2.19. The molecule has 0 saturated carbocycles. The highest BCUT2D eigenvalue weighted by molar-refractivity contribution is 5.96. The van der Waals surface area contributed by atoms with Gasteiger partial charge in [0, 0.05) is 18.9 Å². The molecule has 0 spiro atoms. The van der Waals surface area contributed by atoms with Crippen molar-refractivity contribution < 1.29 is 4.74 Å². The van der Waals surface area contributed by atoms with E-state index in [1.54, 1.807) is 0 Å². The summed E-state index contributed by atoms with van der Waals surface area (Å²) in [5.41, 5.74) is 3.41. The highest BCUT2D eigenvalue weighted by atomic mass is 16.5. The summed E-state index contributed by atoms with van der Waals surface area (Å²) in [6.07, 6.45) is 3.23. The zero-order chi connectivity index (χ0) is 10.6. The minimum absolute atomic E-state index is 0.571. The van der Waals surface area contributed by atoms with Crippen LogP contribution in [0.2, 0.25) is 0 Å². The normalized spacial score (nSPS) is 20.5. The van der Waals surface area contributed by atoms with E-state index in [1.807, 2.05) is 6.92 Å². The summed E-state index contributed by atoms with van der Waals surface area (Å²) in [4.78, 5) is 0. The Morgan fingerprint density at radius 2 is 1.86 bits per heavy atom. The summed E-state index contributed by atoms with van der Waals surface area (Å²) in [6, 6.07) is 0. The van der Waals surface area contributed by atoms with E-state index in [0.29, 0.717) is 5.92 Å². The van der Waals surface area contributed by atoms with Gasteiger partial charge in [0.05, 0.1) is 0 Å². The molecule has 1 fully saturated rings. The summed E-state index contributed by atoms with van der Waals surface area (Å²) in [5, 5.41) is 7.82. The number of rotatable bonds is 3. The highest BCUT2D eigenvalue weighted by Crippen LogP contribution is 2.27. The topological polar surface area (TPSA) is 33.1 Å². The summed E-state index contributed by atoms with van der Waals surface area (Å²) < 4.78 is 5.35. The zero-order valence-electron chi connectivity index (χ0n) is 9.52. The predicted octanol–water partition coefficient (Wildman–Crippen LogP) is 3.18. The summed E-state index contributed by atoms with van der Waals surface area (Å²) in [5.74, 6) is 0.571. The quantitative estimate of drug-likeness (QED) is 0.689. The fourth-order valence-corrected chi connectivity index (χ4v) is 2.15. The van der Waals surface area contributed by atoms with Crippen LogP contribution in [0.1, 0.15) is 40.0 Å². The smallest absolute Gasteiger partial charge is 0.0471 e. The number of ether oxygens (including phenoxy) is 1. The van der Waals surface area contributed by atoms with Crippen molar-refractivity contribution in [2.45, 2.75) is 40.0 Å². The monoisotopic (exact) mass is 195 g/mol. The third-order valence-electron chi connectivity index (χ3n) is 3.02. The highest BCUT2D eigenvalue weighted by Gasteiger charge is 2.20. The third-order valence-corrected chi connectivity index (χ3v) is 3.02. The van der Waals surface area contributed by atoms with Crippen LogP contribution in [0.4, 0.5) is 0 Å². The maximum Gasteiger partial charge on any atom is 0.0471 e. The Morgan fingerprint density at radius 1 is 1.29 bits per heavy atom. The molecule has 80 valence electrons. The standard InChI is InChI=1S/C12H21NO/c1-4-9(2)12(10(3)13)11-5-7-14-8-6-11/h11,13H,4-8H2,1-3H3. The van der Waals surface area contributed by atoms with Gasteiger partial charge in [0.2, 0.25) is 0 Å². The Labute approximate surface area is 86.9 Å². The first-order valence-corrected chi connectivity index (χ1v) is 5.49. The third kappa shape index (κ3) is 2.68. The molecule has 1 rings (SSSR count). The lowest BCUT2D eigenvalue weighted by Crippen LogP contribution is -2.21. The lowest BCUT2D eigenvalue weighted by atomic mass is 9.85. The van der Waals surface area contributed by atoms with Crippen molar-refractivity contribution in [2.24, 2.45) is 5.92 Å². The zero-order valence-corrected chi connectivity index (χ0v) is 9.52. The van der Waals surface area contributed by atoms with Crippen LogP contribution in [-0.2, 0) is 4.74 Å². The second kappa shape index (κ2) is 5.30. The molecule has 0 aromatic rings. The fraction of sp³-hybridized carbons (Fsp3) is 0.750. The van der Waals surface area contributed by atoms with Crippen LogP contribution >= 0.6 is 0 Å². The van der Waals surface area contributed by atoms with Crippen LogP contribution in [0.15, 0.2) is 11.1 Å². The first-order valence-electron chi connectivity index (χ1n) is 5.49. The molecule has 0 aromatic heterocycles. The molecule has 1 aliphatic rings. The van der Waals surface area contributed by atoms with Crippen LogP contribution in [0.25, 0.3) is 0 Å². The maximum absolute atomic E-state index is 7.82. The molecule has 14 heavy (non-hydrogen) atoms. The van der Waals surface area contributed by atoms with E-state index >= 15 is 0 Å². The van der Waals surface area contributed by atoms with Crippen molar-refractivity contribution >= 4 is 5.71 Å². The Bertz CT molecular complexity index is 237. The van der Waals surface area contributed by atoms with Gasteiger partial charge in [0.25, 0.3) is 0 Å². The van der Waals surface area contributed by atoms with Crippen molar-refractivity contribution in [1.82, 2.24) is 0 Å². The van der Waals surface area contributed by atoms with Crippen molar-refractivity contribution in [3.63, 3.8) is 0 Å². The van der Waals surface area contributed by atoms with Crippen molar-refractivity contribution in [2.75, 3.05) is 13.2 Å². The average molecular weight is 195 g/mol. The van der Waals surface area contributed by atoms with Gasteiger partial charge in [-0.1, -0.05) is 12.5 Å². The molecule has 0 bridgehead atoms. The Balaban J connectivity index is 2.81. The van der Waals surface area contributed by atoms with Crippen LogP contribution in [-0.4, -0.2) is 18.9 Å². The van der Waals surface area contributed by atoms with Gasteiger partial charge in [-0.2, -0.15) is 0 Å². The van der Waals surface area contributed by atoms with E-state index in [4.69, 9.17) is 10.1 Å². The molecule has 0 aromatic carbocycles. The fourth-order valence-electron chi connectivity index (χ4n) is 2.15. The number of allylic oxidation sites excluding steroid dienone is 2. The lowest BCUT2D eigenvalue weighted by molar-refractivity contribution is 0.0768. The molecule has 0 radical (unpaired) electrons. The molecule has 1 heterocycles. The summed E-state index contributed by atoms with van der Waals surface area (Å²) >= 11 is 0. The van der Waals surface area contributed by atoms with Crippen molar-refractivity contribution in [1.29, 1.82) is 5.41 Å². The lowest BCUT2D eigenvalue weighted by Gasteiger charge is -2.26. The largest absolute Gasteiger partial charge is 0.381 e. The first-order chi connectivity index (χ1) is 6.66. The number of nitrogens with one attached hydrogen (secondary N) is 1. The van der Waals surface area contributed by atoms with Crippen LogP contribution < -0.4 is 0 Å². The van der Waals surface area contributed by atoms with Crippen LogP contribution in [0.3, 0.4) is 0 Å². The number of hydrogen-bond donors (Lipinski definition) is 1. The minimum Gasteiger partial charge on any atom is -0.381 e. The molecule has 1 N–H and O–H groups in total. The van der Waals surface area contributed by atoms with Crippen LogP contribution in [0.5, 0.6) is 0 Å². The van der Waals surface area contributed by atoms with Gasteiger partial charge in [0.15, 0.2) is 0 Å². The molecule has 0 atom stereocenters. The van der Waals surface area contributed by atoms with E-state index < -0.39 is 0 Å². The molecule has 1 aliphatic heterocycles. The molecular weight excluding hydrogens is 174 g/mol. The Kier molecular flexibility index (Phi) is 4.33. The van der Waals surface area contributed by atoms with E-state index in [-0.39, 0.29) is 0 Å². The van der Waals surface area contributed by atoms with Crippen molar-refractivity contribution in [3.05, 3.63) is 11.1 Å². The second-order valence-electron chi connectivity index (χ2n) is 4.06. The van der Waals surface area contributed by atoms with Gasteiger partial charge in [-0.15, -0.1) is 0 Å². The summed E-state index contributed by atoms with van der Waals surface area (Å²) in [7, 11) is 0. The molecule has 0 amide bonds. The Hall–Kier alpha value is -0.630. The second-order valence-corrected chi connectivity index (χ2v) is 4.06. The summed E-state index contributed by atoms with van der Waals surface area (Å²) in [6.45, 7) is 7.95. The maximum atomic E-state index is 7.82. The molecule has 1 saturated heterocycles. The van der Waals surface area contributed by atoms with Gasteiger partial charge in [-0.3, -0.25) is 0 Å². The van der Waals surface area contributed by atoms with Gasteiger partial charge in [-0.25, -0.2) is 0 Å². The van der Waals surface area contributed by atoms with E-state index in [0.717, 1.165) is 38.2 Å². The van der Waals surface area contributed by atoms with Gasteiger partial charge < -0.3 is 10.1 Å². The SMILES string of the molecule is CCC(C)=C(C(C)=N)C1CCOCC1. The van der Waals surface area contributed by atoms with Crippen molar-refractivity contribution in [3.8, 4) is 0 Å². The first kappa shape index (κ1) is 11.4. The Morgan fingerprint density at radius 3 is 2.29 bits per heavy atom. The predicted molar refractivity (Wildman–Crippen MR) is 59.9 cm³/mol. The van der Waals surface area contributed by atoms with Gasteiger partial charge in [0.1, 0.15) is 0 Å². The molecule has 2 nitrogen and oxygen atoms in total. The van der Waals surface area contributed by atoms with E-state index in [1.165, 1.54) is 11.1 Å². The van der Waals surface area contributed by atoms with Gasteiger partial charge >= 0.3 is 0 Å². The van der Waals surface area contributed by atoms with E-state index in [9.17, 15) is 0 Å². The molecule has 2 heteroatoms. The molecular formula is C12H21NO.